The molecule has 2 aromatic carbocycles. The average Bonchev–Trinajstić information content (AvgIpc) is 0.869. The summed E-state index contributed by atoms with van der Waals surface area (Å²) in [5, 5.41) is 64.2. The molecule has 0 radical (unpaired) electrons. The number of aliphatic carboxylic acids is 1. The quantitative estimate of drug-likeness (QED) is 0.0127. The van der Waals surface area contributed by atoms with Crippen molar-refractivity contribution < 1.29 is 82.8 Å². The van der Waals surface area contributed by atoms with Crippen molar-refractivity contribution >= 4 is 88.8 Å². The number of nitrogens with one attached hydrogen (secondary N) is 12. The number of phenolic OH excluding ortho intramolecular Hbond substituents is 2. The number of carboxylic acids is 1. The van der Waals surface area contributed by atoms with Crippen LogP contribution in [0.5, 0.6) is 11.5 Å². The molecule has 0 fully saturated rings. The molecule has 0 aliphatic rings. The number of carbonyl (C=O) groups is 13. The van der Waals surface area contributed by atoms with Crippen LogP contribution in [0.4, 0.5) is 0 Å². The molecule has 11 atom stereocenters. The molecule has 0 aliphatic carbocycles. The largest absolute Gasteiger partial charge is 0.508 e. The number of benzene rings is 2. The Hall–Kier alpha value is -10.5. The van der Waals surface area contributed by atoms with Crippen molar-refractivity contribution in [3.05, 3.63) is 59.7 Å². The summed E-state index contributed by atoms with van der Waals surface area (Å²) in [5.41, 5.74) is 45.5. The zero-order valence-corrected chi connectivity index (χ0v) is 58.4. The lowest BCUT2D eigenvalue weighted by Gasteiger charge is -2.28. The first kappa shape index (κ1) is 87.6. The average molecular weight is 1440 g/mol. The lowest BCUT2D eigenvalue weighted by molar-refractivity contribution is -0.139. The van der Waals surface area contributed by atoms with Gasteiger partial charge in [-0.25, -0.2) is 5.43 Å². The van der Waals surface area contributed by atoms with Crippen LogP contribution in [0.3, 0.4) is 0 Å². The van der Waals surface area contributed by atoms with Crippen molar-refractivity contribution in [3.8, 4) is 11.5 Å². The van der Waals surface area contributed by atoms with E-state index in [9.17, 15) is 82.8 Å². The topological polar surface area (TPSA) is 654 Å². The number of carboxylic acid groups (broad SMARTS) is 1. The lowest BCUT2D eigenvalue weighted by atomic mass is 10.00. The Bertz CT molecular complexity index is 3170. The second-order valence-corrected chi connectivity index (χ2v) is 25.2. The maximum atomic E-state index is 14.3. The van der Waals surface area contributed by atoms with E-state index in [4.69, 9.17) is 40.1 Å². The zero-order chi connectivity index (χ0) is 76.8. The first-order chi connectivity index (χ1) is 48.0. The molecule has 38 nitrogen and oxygen atoms in total. The highest BCUT2D eigenvalue weighted by molar-refractivity contribution is 5.98. The molecule has 0 bridgehead atoms. The smallest absolute Gasteiger partial charge is 0.322 e. The van der Waals surface area contributed by atoms with Gasteiger partial charge in [0, 0.05) is 25.9 Å². The van der Waals surface area contributed by atoms with E-state index < -0.39 is 169 Å². The number of guanidine groups is 2. The molecule has 0 aromatic heterocycles. The Labute approximate surface area is 590 Å². The fourth-order valence-electron chi connectivity index (χ4n) is 9.81. The van der Waals surface area contributed by atoms with Gasteiger partial charge in [-0.1, -0.05) is 52.0 Å². The molecule has 0 heterocycles. The number of aliphatic hydroxyl groups excluding tert-OH is 1. The number of aliphatic hydroxyl groups is 1. The third-order valence-corrected chi connectivity index (χ3v) is 15.2. The molecular formula is C64H105N21O17. The van der Waals surface area contributed by atoms with E-state index >= 15 is 0 Å². The second kappa shape index (κ2) is 46.1. The van der Waals surface area contributed by atoms with Crippen LogP contribution in [0.2, 0.25) is 0 Å². The summed E-state index contributed by atoms with van der Waals surface area (Å²) in [5.74, 6) is -13.4. The summed E-state index contributed by atoms with van der Waals surface area (Å²) in [6, 6.07) is -2.38. The number of unbranched alkanes of at least 4 members (excludes halogenated alkanes) is 1. The molecular weight excluding hydrogens is 1330 g/mol. The fourth-order valence-corrected chi connectivity index (χ4v) is 9.81. The van der Waals surface area contributed by atoms with Gasteiger partial charge < -0.3 is 114 Å². The van der Waals surface area contributed by atoms with Gasteiger partial charge in [0.15, 0.2) is 11.9 Å². The van der Waals surface area contributed by atoms with Crippen LogP contribution in [0, 0.1) is 11.8 Å². The number of amides is 12. The van der Waals surface area contributed by atoms with Crippen LogP contribution in [0.15, 0.2) is 58.5 Å². The Kier molecular flexibility index (Phi) is 39.6. The number of hydrogen-bond donors (Lipinski definition) is 23. The predicted molar refractivity (Wildman–Crippen MR) is 373 cm³/mol. The van der Waals surface area contributed by atoms with Crippen LogP contribution in [0.1, 0.15) is 123 Å². The monoisotopic (exact) mass is 1440 g/mol. The highest BCUT2D eigenvalue weighted by Crippen LogP contribution is 2.16. The third kappa shape index (κ3) is 35.5. The molecule has 2 aromatic rings. The number of nitrogens with zero attached hydrogens (tertiary/aromatic N) is 2. The maximum Gasteiger partial charge on any atom is 0.322 e. The highest BCUT2D eigenvalue weighted by Gasteiger charge is 2.36. The van der Waals surface area contributed by atoms with Crippen molar-refractivity contribution in [1.82, 2.24) is 64.0 Å². The Morgan fingerprint density at radius 3 is 1.37 bits per heavy atom. The molecule has 102 heavy (non-hydrogen) atoms. The van der Waals surface area contributed by atoms with E-state index in [0.29, 0.717) is 24.0 Å². The zero-order valence-electron chi connectivity index (χ0n) is 58.4. The molecule has 568 valence electrons. The Morgan fingerprint density at radius 1 is 0.451 bits per heavy atom. The maximum absolute atomic E-state index is 14.3. The number of aromatic hydroxyl groups is 2. The van der Waals surface area contributed by atoms with Crippen LogP contribution >= 0.6 is 0 Å². The predicted octanol–water partition coefficient (Wildman–Crippen LogP) is -6.61. The van der Waals surface area contributed by atoms with Gasteiger partial charge in [0.2, 0.25) is 65.0 Å². The van der Waals surface area contributed by atoms with Gasteiger partial charge in [-0.2, -0.15) is 0 Å². The normalized spacial score (nSPS) is 14.3. The number of carbonyl (C=O) groups excluding carboxylic acids is 12. The Morgan fingerprint density at radius 2 is 0.882 bits per heavy atom. The molecule has 0 saturated carbocycles. The van der Waals surface area contributed by atoms with Crippen molar-refractivity contribution in [2.24, 2.45) is 62.0 Å². The van der Waals surface area contributed by atoms with E-state index in [-0.39, 0.29) is 113 Å². The number of primary amides is 1. The summed E-state index contributed by atoms with van der Waals surface area (Å²) in [6.45, 7) is 7.98. The molecule has 38 heteroatoms. The van der Waals surface area contributed by atoms with Crippen molar-refractivity contribution in [3.63, 3.8) is 0 Å². The van der Waals surface area contributed by atoms with Gasteiger partial charge in [-0.15, -0.1) is 0 Å². The molecule has 2 rings (SSSR count). The minimum absolute atomic E-state index is 0.00951. The van der Waals surface area contributed by atoms with E-state index in [2.05, 4.69) is 74.0 Å². The minimum Gasteiger partial charge on any atom is -0.508 e. The number of hydrazine groups is 1. The fraction of sp³-hybridized carbons (Fsp3) is 0.578. The standard InChI is InChI=1S/C64H105N21O17/c1-33(2)27-46(80-53(93)35(5)76-54(94)41(66)29-37-14-18-39(87)19-15-37)59(99)78-43(11-7-8-24-65)61(101)85-84-45(13-10-26-73-64(70)71)58(98)79-44(22-23-49(67)89)55(95)74-31-50(90)77-42(12-9-25-72-63(68)69)57(97)83-52(36(6)86)62(102)82-47(28-34(3)4)60(100)81-48(56(96)75-32-51(91)92)30-38-16-20-40(88)21-17-38/h14-21,33-36,41-48,52,84,86-88H,7-13,22-32,65-66H2,1-6H3,(H2,67,89)(H,74,95)(H,75,96)(H,76,94)(H,77,90)(H,78,99)(H,79,98)(H,80,93)(H,81,100)(H,82,102)(H,83,97)(H,85,101)(H,91,92)(H4,68,69,72)(H4,70,71,73)/t35-,36+,41-,42-,43-,44-,45-,46-,47-,48-,52-/m0/s1. The van der Waals surface area contributed by atoms with Gasteiger partial charge in [0.05, 0.1) is 18.7 Å². The first-order valence-corrected chi connectivity index (χ1v) is 33.3. The van der Waals surface area contributed by atoms with Crippen LogP contribution < -0.4 is 104 Å². The molecule has 0 unspecified atom stereocenters. The van der Waals surface area contributed by atoms with Gasteiger partial charge in [-0.3, -0.25) is 77.7 Å². The number of rotatable bonds is 48. The summed E-state index contributed by atoms with van der Waals surface area (Å²) in [6.07, 6.45) is -2.19. The third-order valence-electron chi connectivity index (χ3n) is 15.2. The summed E-state index contributed by atoms with van der Waals surface area (Å²) in [7, 11) is 0. The number of hydrogen-bond acceptors (Lipinski definition) is 21. The summed E-state index contributed by atoms with van der Waals surface area (Å²) in [4.78, 5) is 183. The van der Waals surface area contributed by atoms with Crippen molar-refractivity contribution in [2.45, 2.75) is 192 Å². The van der Waals surface area contributed by atoms with Crippen molar-refractivity contribution in [2.75, 3.05) is 32.7 Å². The number of nitrogens with two attached hydrogens (primary N) is 7. The van der Waals surface area contributed by atoms with E-state index in [0.717, 1.165) is 6.92 Å². The number of aliphatic imine (C=N–C) groups is 2. The minimum atomic E-state index is -1.82. The van der Waals surface area contributed by atoms with Crippen LogP contribution in [0.25, 0.3) is 0 Å². The van der Waals surface area contributed by atoms with Crippen molar-refractivity contribution in [1.29, 1.82) is 0 Å². The Balaban J connectivity index is 2.38. The lowest BCUT2D eigenvalue weighted by Crippen LogP contribution is -2.61. The SMILES string of the molecule is CC(C)C[C@H](NC(=O)[C@H](C)NC(=O)[C@@H](N)Cc1ccc(O)cc1)C(=O)N[C@@H](CCCCN)C(=O)NN[C@@H](CCCN=C(N)N)C(=O)N[C@@H](CCC(N)=O)C(=O)NCC(=O)N[C@@H](CCCN=C(N)N)C(=O)N[C@H](C(=O)N[C@@H](CC(C)C)C(=O)N[C@@H](Cc1ccc(O)cc1)C(=O)NCC(=O)O)[C@@H](C)O. The van der Waals surface area contributed by atoms with E-state index in [1.165, 1.54) is 43.3 Å². The van der Waals surface area contributed by atoms with Gasteiger partial charge in [0.25, 0.3) is 5.91 Å². The molecule has 12 amide bonds. The second-order valence-electron chi connectivity index (χ2n) is 25.2. The summed E-state index contributed by atoms with van der Waals surface area (Å²) < 4.78 is 0. The molecule has 30 N–H and O–H groups in total. The molecule has 0 spiro atoms. The van der Waals surface area contributed by atoms with E-state index in [1.807, 2.05) is 0 Å². The van der Waals surface area contributed by atoms with Gasteiger partial charge >= 0.3 is 5.97 Å². The molecule has 0 aliphatic heterocycles. The van der Waals surface area contributed by atoms with Crippen LogP contribution in [-0.4, -0.2) is 208 Å². The first-order valence-electron chi connectivity index (χ1n) is 33.3. The van der Waals surface area contributed by atoms with Gasteiger partial charge in [0.1, 0.15) is 72.4 Å². The van der Waals surface area contributed by atoms with Crippen LogP contribution in [-0.2, 0) is 75.2 Å². The van der Waals surface area contributed by atoms with E-state index in [1.54, 1.807) is 39.8 Å². The number of phenols is 2. The summed E-state index contributed by atoms with van der Waals surface area (Å²) >= 11 is 0. The van der Waals surface area contributed by atoms with Gasteiger partial charge in [-0.05, 0) is 138 Å². The highest BCUT2D eigenvalue weighted by atomic mass is 16.4. The molecule has 0 saturated heterocycles.